The van der Waals surface area contributed by atoms with Gasteiger partial charge in [0.15, 0.2) is 0 Å². The SMILES string of the molecule is CN1CCN(S(=O)(=O)NC[C@H]2CCCN(C(=O)C3CC3)C2)CC1. The van der Waals surface area contributed by atoms with Gasteiger partial charge in [0.05, 0.1) is 0 Å². The molecule has 0 bridgehead atoms. The maximum absolute atomic E-state index is 12.4. The number of likely N-dealkylation sites (N-methyl/N-ethyl adjacent to an activating group) is 1. The summed E-state index contributed by atoms with van der Waals surface area (Å²) >= 11 is 0. The van der Waals surface area contributed by atoms with Crippen LogP contribution >= 0.6 is 0 Å². The quantitative estimate of drug-likeness (QED) is 0.744. The minimum absolute atomic E-state index is 0.230. The number of carbonyl (C=O) groups is 1. The maximum Gasteiger partial charge on any atom is 0.279 e. The van der Waals surface area contributed by atoms with Crippen LogP contribution in [-0.4, -0.2) is 81.3 Å². The Bertz CT molecular complexity index is 527. The van der Waals surface area contributed by atoms with Crippen LogP contribution in [0.3, 0.4) is 0 Å². The first-order chi connectivity index (χ1) is 11.0. The molecule has 2 saturated heterocycles. The Balaban J connectivity index is 1.48. The average Bonchev–Trinajstić information content (AvgIpc) is 3.38. The number of piperidine rings is 1. The van der Waals surface area contributed by atoms with E-state index in [1.165, 1.54) is 4.31 Å². The average molecular weight is 344 g/mol. The van der Waals surface area contributed by atoms with Crippen molar-refractivity contribution in [3.8, 4) is 0 Å². The van der Waals surface area contributed by atoms with Gasteiger partial charge >= 0.3 is 0 Å². The molecule has 3 aliphatic rings. The van der Waals surface area contributed by atoms with Crippen molar-refractivity contribution >= 4 is 16.1 Å². The van der Waals surface area contributed by atoms with Gasteiger partial charge in [-0.15, -0.1) is 0 Å². The number of amides is 1. The van der Waals surface area contributed by atoms with E-state index in [2.05, 4.69) is 9.62 Å². The largest absolute Gasteiger partial charge is 0.342 e. The van der Waals surface area contributed by atoms with Crippen LogP contribution in [0.25, 0.3) is 0 Å². The fraction of sp³-hybridized carbons (Fsp3) is 0.933. The lowest BCUT2D eigenvalue weighted by Crippen LogP contribution is -2.52. The van der Waals surface area contributed by atoms with Gasteiger partial charge in [-0.1, -0.05) is 0 Å². The molecular formula is C15H28N4O3S. The van der Waals surface area contributed by atoms with Crippen molar-refractivity contribution in [2.75, 3.05) is 52.9 Å². The number of hydrogen-bond donors (Lipinski definition) is 1. The summed E-state index contributed by atoms with van der Waals surface area (Å²) in [4.78, 5) is 16.2. The highest BCUT2D eigenvalue weighted by Gasteiger charge is 2.35. The first-order valence-electron chi connectivity index (χ1n) is 8.68. The monoisotopic (exact) mass is 344 g/mol. The van der Waals surface area contributed by atoms with Crippen LogP contribution in [-0.2, 0) is 15.0 Å². The zero-order valence-electron chi connectivity index (χ0n) is 13.9. The topological polar surface area (TPSA) is 73.0 Å². The van der Waals surface area contributed by atoms with E-state index in [0.29, 0.717) is 26.2 Å². The van der Waals surface area contributed by atoms with Gasteiger partial charge in [-0.25, -0.2) is 4.72 Å². The smallest absolute Gasteiger partial charge is 0.279 e. The van der Waals surface area contributed by atoms with Gasteiger partial charge in [-0.3, -0.25) is 4.79 Å². The third-order valence-corrected chi connectivity index (χ3v) is 6.69. The van der Waals surface area contributed by atoms with E-state index in [1.807, 2.05) is 11.9 Å². The van der Waals surface area contributed by atoms with E-state index in [4.69, 9.17) is 0 Å². The Labute approximate surface area is 139 Å². The summed E-state index contributed by atoms with van der Waals surface area (Å²) in [6, 6.07) is 0. The molecule has 2 aliphatic heterocycles. The summed E-state index contributed by atoms with van der Waals surface area (Å²) in [6.45, 7) is 4.59. The minimum Gasteiger partial charge on any atom is -0.342 e. The van der Waals surface area contributed by atoms with Crippen LogP contribution in [0.1, 0.15) is 25.7 Å². The van der Waals surface area contributed by atoms with E-state index >= 15 is 0 Å². The van der Waals surface area contributed by atoms with Gasteiger partial charge in [-0.2, -0.15) is 12.7 Å². The Morgan fingerprint density at radius 1 is 1.09 bits per heavy atom. The molecule has 2 heterocycles. The summed E-state index contributed by atoms with van der Waals surface area (Å²) in [5.41, 5.74) is 0. The molecule has 1 N–H and O–H groups in total. The molecule has 1 amide bonds. The molecule has 0 spiro atoms. The third kappa shape index (κ3) is 4.43. The van der Waals surface area contributed by atoms with Crippen LogP contribution in [0.15, 0.2) is 0 Å². The fourth-order valence-corrected chi connectivity index (χ4v) is 4.64. The van der Waals surface area contributed by atoms with Crippen LogP contribution in [0.2, 0.25) is 0 Å². The fourth-order valence-electron chi connectivity index (χ4n) is 3.36. The standard InChI is InChI=1S/C15H28N4O3S/c1-17-7-9-19(10-8-17)23(21,22)16-11-13-3-2-6-18(12-13)15(20)14-4-5-14/h13-14,16H,2-12H2,1H3/t13-/m1/s1. The van der Waals surface area contributed by atoms with Crippen LogP contribution < -0.4 is 4.72 Å². The normalized spacial score (nSPS) is 28.0. The van der Waals surface area contributed by atoms with Crippen molar-refractivity contribution in [1.29, 1.82) is 0 Å². The van der Waals surface area contributed by atoms with Gasteiger partial charge in [0.25, 0.3) is 10.2 Å². The Hall–Kier alpha value is -0.700. The van der Waals surface area contributed by atoms with E-state index < -0.39 is 10.2 Å². The van der Waals surface area contributed by atoms with Crippen molar-refractivity contribution in [3.63, 3.8) is 0 Å². The highest BCUT2D eigenvalue weighted by molar-refractivity contribution is 7.87. The van der Waals surface area contributed by atoms with Crippen LogP contribution in [0, 0.1) is 11.8 Å². The van der Waals surface area contributed by atoms with Crippen molar-refractivity contribution in [2.45, 2.75) is 25.7 Å². The molecule has 0 aromatic heterocycles. The molecule has 132 valence electrons. The third-order valence-electron chi connectivity index (χ3n) is 5.11. The van der Waals surface area contributed by atoms with E-state index in [-0.39, 0.29) is 17.7 Å². The molecule has 0 radical (unpaired) electrons. The zero-order chi connectivity index (χ0) is 16.4. The van der Waals surface area contributed by atoms with E-state index in [0.717, 1.165) is 45.3 Å². The highest BCUT2D eigenvalue weighted by Crippen LogP contribution is 2.32. The maximum atomic E-state index is 12.4. The Kier molecular flexibility index (Phi) is 5.25. The molecular weight excluding hydrogens is 316 g/mol. The summed E-state index contributed by atoms with van der Waals surface area (Å²) < 4.78 is 29.1. The number of nitrogens with zero attached hydrogens (tertiary/aromatic N) is 3. The van der Waals surface area contributed by atoms with E-state index in [9.17, 15) is 13.2 Å². The number of piperazine rings is 1. The molecule has 8 heteroatoms. The summed E-state index contributed by atoms with van der Waals surface area (Å²) in [5.74, 6) is 0.751. The molecule has 3 rings (SSSR count). The second kappa shape index (κ2) is 7.04. The molecule has 0 aromatic rings. The van der Waals surface area contributed by atoms with Gasteiger partial charge in [0, 0.05) is 51.7 Å². The summed E-state index contributed by atoms with van der Waals surface area (Å²) in [7, 11) is -1.39. The van der Waals surface area contributed by atoms with Crippen molar-refractivity contribution < 1.29 is 13.2 Å². The summed E-state index contributed by atoms with van der Waals surface area (Å²) in [5, 5.41) is 0. The van der Waals surface area contributed by atoms with Crippen molar-refractivity contribution in [3.05, 3.63) is 0 Å². The Morgan fingerprint density at radius 2 is 1.78 bits per heavy atom. The molecule has 7 nitrogen and oxygen atoms in total. The molecule has 1 aliphatic carbocycles. The summed E-state index contributed by atoms with van der Waals surface area (Å²) in [6.07, 6.45) is 4.01. The predicted molar refractivity (Wildman–Crippen MR) is 88.0 cm³/mol. The minimum atomic E-state index is -3.39. The predicted octanol–water partition coefficient (Wildman–Crippen LogP) is -0.283. The van der Waals surface area contributed by atoms with Gasteiger partial charge in [-0.05, 0) is 38.6 Å². The molecule has 0 aromatic carbocycles. The van der Waals surface area contributed by atoms with Gasteiger partial charge in [0.2, 0.25) is 5.91 Å². The number of rotatable bonds is 5. The molecule has 0 unspecified atom stereocenters. The lowest BCUT2D eigenvalue weighted by molar-refractivity contribution is -0.134. The zero-order valence-corrected chi connectivity index (χ0v) is 14.7. The van der Waals surface area contributed by atoms with Crippen molar-refractivity contribution in [1.82, 2.24) is 18.8 Å². The first-order valence-corrected chi connectivity index (χ1v) is 10.1. The second-order valence-electron chi connectivity index (χ2n) is 7.12. The number of hydrogen-bond acceptors (Lipinski definition) is 4. The number of nitrogens with one attached hydrogen (secondary N) is 1. The van der Waals surface area contributed by atoms with Crippen molar-refractivity contribution in [2.24, 2.45) is 11.8 Å². The lowest BCUT2D eigenvalue weighted by atomic mass is 9.98. The number of likely N-dealkylation sites (tertiary alicyclic amines) is 1. The Morgan fingerprint density at radius 3 is 2.43 bits per heavy atom. The lowest BCUT2D eigenvalue weighted by Gasteiger charge is -2.34. The number of carbonyl (C=O) groups excluding carboxylic acids is 1. The van der Waals surface area contributed by atoms with Gasteiger partial charge in [0.1, 0.15) is 0 Å². The molecule has 23 heavy (non-hydrogen) atoms. The van der Waals surface area contributed by atoms with E-state index in [1.54, 1.807) is 0 Å². The van der Waals surface area contributed by atoms with Crippen LogP contribution in [0.5, 0.6) is 0 Å². The first kappa shape index (κ1) is 17.1. The highest BCUT2D eigenvalue weighted by atomic mass is 32.2. The second-order valence-corrected chi connectivity index (χ2v) is 8.88. The molecule has 1 saturated carbocycles. The molecule has 3 fully saturated rings. The van der Waals surface area contributed by atoms with Crippen LogP contribution in [0.4, 0.5) is 0 Å². The van der Waals surface area contributed by atoms with Gasteiger partial charge < -0.3 is 9.80 Å². The molecule has 1 atom stereocenters.